The van der Waals surface area contributed by atoms with Gasteiger partial charge in [-0.15, -0.1) is 0 Å². The summed E-state index contributed by atoms with van der Waals surface area (Å²) in [5.74, 6) is -0.405. The molecule has 1 rings (SSSR count). The van der Waals surface area contributed by atoms with Crippen LogP contribution in [-0.2, 0) is 15.7 Å². The number of ether oxygens (including phenoxy) is 1. The number of nitrogens with one attached hydrogen (secondary N) is 2. The molecule has 0 radical (unpaired) electrons. The van der Waals surface area contributed by atoms with Gasteiger partial charge in [0, 0.05) is 23.8 Å². The van der Waals surface area contributed by atoms with E-state index in [1.54, 1.807) is 0 Å². The molecule has 0 spiro atoms. The molecule has 0 aliphatic carbocycles. The van der Waals surface area contributed by atoms with Crippen molar-refractivity contribution in [2.24, 2.45) is 0 Å². The van der Waals surface area contributed by atoms with E-state index in [1.165, 1.54) is 19.2 Å². The third kappa shape index (κ3) is 5.38. The van der Waals surface area contributed by atoms with Crippen LogP contribution in [0.4, 0.5) is 18.9 Å². The highest BCUT2D eigenvalue weighted by atomic mass is 79.9. The number of hydrogen-bond donors (Lipinski definition) is 2. The van der Waals surface area contributed by atoms with Crippen molar-refractivity contribution in [1.29, 1.82) is 0 Å². The first-order valence-electron chi connectivity index (χ1n) is 5.71. The summed E-state index contributed by atoms with van der Waals surface area (Å²) >= 11 is 2.99. The van der Waals surface area contributed by atoms with Crippen molar-refractivity contribution < 1.29 is 22.7 Å². The Balaban J connectivity index is 2.66. The molecule has 0 saturated heterocycles. The Kier molecular flexibility index (Phi) is 6.28. The van der Waals surface area contributed by atoms with Crippen molar-refractivity contribution in [2.75, 3.05) is 32.1 Å². The van der Waals surface area contributed by atoms with Gasteiger partial charge in [0.1, 0.15) is 0 Å². The Morgan fingerprint density at radius 1 is 1.40 bits per heavy atom. The average molecular weight is 355 g/mol. The second-order valence-electron chi connectivity index (χ2n) is 3.88. The molecule has 0 fully saturated rings. The molecule has 20 heavy (non-hydrogen) atoms. The van der Waals surface area contributed by atoms with Gasteiger partial charge in [-0.05, 0) is 18.2 Å². The summed E-state index contributed by atoms with van der Waals surface area (Å²) in [6, 6.07) is 3.71. The Morgan fingerprint density at radius 2 is 2.10 bits per heavy atom. The second-order valence-corrected chi connectivity index (χ2v) is 4.80. The van der Waals surface area contributed by atoms with Crippen molar-refractivity contribution in [3.63, 3.8) is 0 Å². The SMILES string of the molecule is COCCNC(=O)CNc1ccc(Br)cc1C(F)(F)F. The van der Waals surface area contributed by atoms with Crippen LogP contribution in [-0.4, -0.2) is 32.7 Å². The average Bonchev–Trinajstić information content (AvgIpc) is 2.36. The molecule has 2 N–H and O–H groups in total. The lowest BCUT2D eigenvalue weighted by Gasteiger charge is -2.15. The Bertz CT molecular complexity index is 467. The number of anilines is 1. The summed E-state index contributed by atoms with van der Waals surface area (Å²) in [6.07, 6.45) is -4.49. The molecule has 4 nitrogen and oxygen atoms in total. The third-order valence-electron chi connectivity index (χ3n) is 2.35. The molecule has 1 aromatic carbocycles. The summed E-state index contributed by atoms with van der Waals surface area (Å²) in [5, 5.41) is 4.99. The summed E-state index contributed by atoms with van der Waals surface area (Å²) in [5.41, 5.74) is -0.959. The molecule has 0 atom stereocenters. The smallest absolute Gasteiger partial charge is 0.383 e. The van der Waals surface area contributed by atoms with Gasteiger partial charge < -0.3 is 15.4 Å². The Morgan fingerprint density at radius 3 is 2.70 bits per heavy atom. The van der Waals surface area contributed by atoms with Gasteiger partial charge in [-0.25, -0.2) is 0 Å². The first-order valence-corrected chi connectivity index (χ1v) is 6.50. The topological polar surface area (TPSA) is 50.4 Å². The lowest BCUT2D eigenvalue weighted by Crippen LogP contribution is -2.32. The van der Waals surface area contributed by atoms with Gasteiger partial charge in [-0.2, -0.15) is 13.2 Å². The molecule has 0 bridgehead atoms. The maximum Gasteiger partial charge on any atom is 0.418 e. The summed E-state index contributed by atoms with van der Waals surface area (Å²) < 4.78 is 43.5. The molecule has 8 heteroatoms. The normalized spacial score (nSPS) is 11.2. The van der Waals surface area contributed by atoms with Crippen LogP contribution in [0.15, 0.2) is 22.7 Å². The highest BCUT2D eigenvalue weighted by Crippen LogP contribution is 2.36. The predicted molar refractivity (Wildman–Crippen MR) is 72.5 cm³/mol. The van der Waals surface area contributed by atoms with E-state index in [4.69, 9.17) is 4.74 Å². The molecule has 0 heterocycles. The molecule has 0 aliphatic rings. The number of methoxy groups -OCH3 is 1. The fourth-order valence-electron chi connectivity index (χ4n) is 1.44. The monoisotopic (exact) mass is 354 g/mol. The van der Waals surface area contributed by atoms with E-state index < -0.39 is 17.6 Å². The molecule has 0 aromatic heterocycles. The quantitative estimate of drug-likeness (QED) is 0.772. The van der Waals surface area contributed by atoms with Crippen molar-refractivity contribution in [1.82, 2.24) is 5.32 Å². The lowest BCUT2D eigenvalue weighted by atomic mass is 10.1. The molecule has 1 amide bonds. The van der Waals surface area contributed by atoms with Crippen LogP contribution in [0.2, 0.25) is 0 Å². The zero-order valence-electron chi connectivity index (χ0n) is 10.7. The largest absolute Gasteiger partial charge is 0.418 e. The lowest BCUT2D eigenvalue weighted by molar-refractivity contribution is -0.137. The second kappa shape index (κ2) is 7.49. The van der Waals surface area contributed by atoms with Crippen molar-refractivity contribution in [3.05, 3.63) is 28.2 Å². The minimum absolute atomic E-state index is 0.136. The van der Waals surface area contributed by atoms with Gasteiger partial charge in [0.2, 0.25) is 5.91 Å². The van der Waals surface area contributed by atoms with Gasteiger partial charge in [0.25, 0.3) is 0 Å². The zero-order chi connectivity index (χ0) is 15.2. The van der Waals surface area contributed by atoms with Crippen molar-refractivity contribution in [3.8, 4) is 0 Å². The van der Waals surface area contributed by atoms with Crippen LogP contribution >= 0.6 is 15.9 Å². The van der Waals surface area contributed by atoms with Crippen molar-refractivity contribution >= 4 is 27.5 Å². The maximum absolute atomic E-state index is 12.8. The Labute approximate surface area is 122 Å². The van der Waals surface area contributed by atoms with Crippen LogP contribution in [0.3, 0.4) is 0 Å². The van der Waals surface area contributed by atoms with E-state index in [0.29, 0.717) is 17.6 Å². The fourth-order valence-corrected chi connectivity index (χ4v) is 1.80. The van der Waals surface area contributed by atoms with Crippen LogP contribution in [0.5, 0.6) is 0 Å². The molecule has 0 unspecified atom stereocenters. The number of alkyl halides is 3. The number of amides is 1. The summed E-state index contributed by atoms with van der Waals surface area (Å²) in [6.45, 7) is 0.412. The molecular weight excluding hydrogens is 341 g/mol. The third-order valence-corrected chi connectivity index (χ3v) is 2.85. The first kappa shape index (κ1) is 16.8. The molecule has 112 valence electrons. The number of halogens is 4. The summed E-state index contributed by atoms with van der Waals surface area (Å²) in [7, 11) is 1.49. The summed E-state index contributed by atoms with van der Waals surface area (Å²) in [4.78, 5) is 11.4. The van der Waals surface area contributed by atoms with E-state index in [9.17, 15) is 18.0 Å². The van der Waals surface area contributed by atoms with E-state index in [-0.39, 0.29) is 12.2 Å². The number of rotatable bonds is 6. The molecule has 1 aromatic rings. The zero-order valence-corrected chi connectivity index (χ0v) is 12.3. The number of hydrogen-bond acceptors (Lipinski definition) is 3. The maximum atomic E-state index is 12.8. The molecular formula is C12H14BrF3N2O2. The van der Waals surface area contributed by atoms with E-state index in [2.05, 4.69) is 26.6 Å². The van der Waals surface area contributed by atoms with Gasteiger partial charge >= 0.3 is 6.18 Å². The fraction of sp³-hybridized carbons (Fsp3) is 0.417. The predicted octanol–water partition coefficient (Wildman–Crippen LogP) is 2.64. The van der Waals surface area contributed by atoms with E-state index >= 15 is 0 Å². The van der Waals surface area contributed by atoms with Crippen LogP contribution in [0.1, 0.15) is 5.56 Å². The van der Waals surface area contributed by atoms with E-state index in [1.807, 2.05) is 0 Å². The molecule has 0 aliphatic heterocycles. The van der Waals surface area contributed by atoms with Gasteiger partial charge in [0.15, 0.2) is 0 Å². The van der Waals surface area contributed by atoms with Gasteiger partial charge in [0.05, 0.1) is 18.7 Å². The Hall–Kier alpha value is -1.28. The standard InChI is InChI=1S/C12H14BrF3N2O2/c1-20-5-4-17-11(19)7-18-10-3-2-8(13)6-9(10)12(14,15)16/h2-3,6,18H,4-5,7H2,1H3,(H,17,19). The van der Waals surface area contributed by atoms with Crippen LogP contribution in [0.25, 0.3) is 0 Å². The van der Waals surface area contributed by atoms with Gasteiger partial charge in [-0.3, -0.25) is 4.79 Å². The van der Waals surface area contributed by atoms with Crippen LogP contribution < -0.4 is 10.6 Å². The minimum Gasteiger partial charge on any atom is -0.383 e. The number of carbonyl (C=O) groups is 1. The van der Waals surface area contributed by atoms with Crippen molar-refractivity contribution in [2.45, 2.75) is 6.18 Å². The first-order chi connectivity index (χ1) is 9.34. The molecule has 0 saturated carbocycles. The van der Waals surface area contributed by atoms with Crippen LogP contribution in [0, 0.1) is 0 Å². The number of benzene rings is 1. The highest BCUT2D eigenvalue weighted by molar-refractivity contribution is 9.10. The highest BCUT2D eigenvalue weighted by Gasteiger charge is 2.33. The number of carbonyl (C=O) groups excluding carboxylic acids is 1. The minimum atomic E-state index is -4.49. The van der Waals surface area contributed by atoms with Gasteiger partial charge in [-0.1, -0.05) is 15.9 Å². The van der Waals surface area contributed by atoms with E-state index in [0.717, 1.165) is 6.07 Å².